The molecule has 0 aromatic carbocycles. The summed E-state index contributed by atoms with van der Waals surface area (Å²) in [5.41, 5.74) is 0. The molecule has 6 nitrogen and oxygen atoms in total. The second kappa shape index (κ2) is 7.04. The van der Waals surface area contributed by atoms with Crippen LogP contribution in [0.3, 0.4) is 0 Å². The molecule has 6 heteroatoms. The van der Waals surface area contributed by atoms with Crippen molar-refractivity contribution in [2.75, 3.05) is 25.2 Å². The van der Waals surface area contributed by atoms with Gasteiger partial charge in [-0.05, 0) is 25.7 Å². The maximum absolute atomic E-state index is 5.78. The minimum absolute atomic E-state index is 0.403. The summed E-state index contributed by atoms with van der Waals surface area (Å²) in [4.78, 5) is 2.17. The number of methoxy groups -OCH3 is 1. The summed E-state index contributed by atoms with van der Waals surface area (Å²) in [5.74, 6) is 1.38. The zero-order valence-corrected chi connectivity index (χ0v) is 12.9. The third kappa shape index (κ3) is 4.18. The third-order valence-corrected chi connectivity index (χ3v) is 3.70. The molecule has 0 radical (unpaired) electrons. The van der Waals surface area contributed by atoms with Crippen molar-refractivity contribution in [1.82, 2.24) is 15.5 Å². The molecule has 114 valence electrons. The first-order valence-corrected chi connectivity index (χ1v) is 7.43. The van der Waals surface area contributed by atoms with E-state index >= 15 is 0 Å². The van der Waals surface area contributed by atoms with E-state index in [-0.39, 0.29) is 0 Å². The zero-order valence-electron chi connectivity index (χ0n) is 12.9. The van der Waals surface area contributed by atoms with Crippen LogP contribution < -0.4 is 10.2 Å². The van der Waals surface area contributed by atoms with Gasteiger partial charge in [0.25, 0.3) is 0 Å². The number of nitrogens with zero attached hydrogens (tertiary/aromatic N) is 3. The number of anilines is 1. The number of nitrogens with one attached hydrogen (secondary N) is 1. The molecule has 1 aliphatic carbocycles. The minimum Gasteiger partial charge on any atom is -0.407 e. The molecule has 0 spiro atoms. The van der Waals surface area contributed by atoms with Gasteiger partial charge in [-0.25, -0.2) is 0 Å². The molecule has 1 saturated carbocycles. The van der Waals surface area contributed by atoms with E-state index in [1.165, 1.54) is 12.8 Å². The van der Waals surface area contributed by atoms with Crippen LogP contribution in [0, 0.1) is 5.92 Å². The van der Waals surface area contributed by atoms with Crippen LogP contribution in [-0.2, 0) is 11.3 Å². The summed E-state index contributed by atoms with van der Waals surface area (Å²) in [5, 5.41) is 11.6. The fourth-order valence-corrected chi connectivity index (χ4v) is 2.22. The molecule has 2 rings (SSSR count). The maximum Gasteiger partial charge on any atom is 0.318 e. The van der Waals surface area contributed by atoms with Crippen molar-refractivity contribution in [3.05, 3.63) is 5.89 Å². The van der Waals surface area contributed by atoms with Gasteiger partial charge in [-0.2, -0.15) is 0 Å². The average Bonchev–Trinajstić information content (AvgIpc) is 3.17. The summed E-state index contributed by atoms with van der Waals surface area (Å²) < 4.78 is 11.0. The molecule has 0 amide bonds. The van der Waals surface area contributed by atoms with E-state index in [0.717, 1.165) is 12.5 Å². The van der Waals surface area contributed by atoms with Gasteiger partial charge < -0.3 is 19.4 Å². The van der Waals surface area contributed by atoms with Crippen LogP contribution >= 0.6 is 0 Å². The van der Waals surface area contributed by atoms with Crippen molar-refractivity contribution in [3.63, 3.8) is 0 Å². The number of rotatable bonds is 9. The Labute approximate surface area is 120 Å². The highest BCUT2D eigenvalue weighted by Gasteiger charge is 2.34. The van der Waals surface area contributed by atoms with Crippen LogP contribution in [0.15, 0.2) is 4.42 Å². The van der Waals surface area contributed by atoms with Crippen molar-refractivity contribution in [2.24, 2.45) is 5.92 Å². The quantitative estimate of drug-likeness (QED) is 0.745. The lowest BCUT2D eigenvalue weighted by molar-refractivity contribution is 0.201. The number of hydrogen-bond acceptors (Lipinski definition) is 6. The molecule has 0 saturated heterocycles. The summed E-state index contributed by atoms with van der Waals surface area (Å²) >= 11 is 0. The Kier molecular flexibility index (Phi) is 5.37. The Morgan fingerprint density at radius 3 is 2.70 bits per heavy atom. The highest BCUT2D eigenvalue weighted by Crippen LogP contribution is 2.36. The molecule has 0 aliphatic heterocycles. The van der Waals surface area contributed by atoms with E-state index in [0.29, 0.717) is 37.1 Å². The van der Waals surface area contributed by atoms with Gasteiger partial charge in [0.2, 0.25) is 5.89 Å². The maximum atomic E-state index is 5.78. The van der Waals surface area contributed by atoms with E-state index in [1.807, 2.05) is 0 Å². The van der Waals surface area contributed by atoms with Gasteiger partial charge in [0.15, 0.2) is 0 Å². The summed E-state index contributed by atoms with van der Waals surface area (Å²) in [7, 11) is 1.71. The van der Waals surface area contributed by atoms with Gasteiger partial charge in [0.05, 0.1) is 13.2 Å². The van der Waals surface area contributed by atoms with Gasteiger partial charge in [0, 0.05) is 25.7 Å². The highest BCUT2D eigenvalue weighted by atomic mass is 16.5. The first-order valence-electron chi connectivity index (χ1n) is 7.43. The first-order chi connectivity index (χ1) is 9.61. The van der Waals surface area contributed by atoms with Crippen molar-refractivity contribution >= 4 is 6.01 Å². The SMILES string of the molecule is COCCN(c1nnc(CNC(C)C)o1)C(C)C1CC1. The van der Waals surface area contributed by atoms with E-state index in [2.05, 4.69) is 41.2 Å². The Bertz CT molecular complexity index is 404. The normalized spacial score (nSPS) is 16.6. The molecular formula is C14H26N4O2. The lowest BCUT2D eigenvalue weighted by atomic mass is 10.2. The molecule has 1 aromatic heterocycles. The van der Waals surface area contributed by atoms with E-state index < -0.39 is 0 Å². The second-order valence-corrected chi connectivity index (χ2v) is 5.78. The van der Waals surface area contributed by atoms with E-state index in [1.54, 1.807) is 7.11 Å². The molecule has 1 N–H and O–H groups in total. The van der Waals surface area contributed by atoms with Crippen LogP contribution in [0.1, 0.15) is 39.5 Å². The summed E-state index contributed by atoms with van der Waals surface area (Å²) in [6.07, 6.45) is 2.58. The lowest BCUT2D eigenvalue weighted by Crippen LogP contribution is -2.37. The number of aromatic nitrogens is 2. The molecule has 1 aliphatic rings. The van der Waals surface area contributed by atoms with Crippen molar-refractivity contribution in [3.8, 4) is 0 Å². The topological polar surface area (TPSA) is 63.4 Å². The largest absolute Gasteiger partial charge is 0.407 e. The first kappa shape index (κ1) is 15.3. The molecular weight excluding hydrogens is 256 g/mol. The van der Waals surface area contributed by atoms with E-state index in [4.69, 9.17) is 9.15 Å². The Hall–Kier alpha value is -1.14. The lowest BCUT2D eigenvalue weighted by Gasteiger charge is -2.26. The van der Waals surface area contributed by atoms with Crippen LogP contribution in [0.2, 0.25) is 0 Å². The number of hydrogen-bond donors (Lipinski definition) is 1. The molecule has 20 heavy (non-hydrogen) atoms. The van der Waals surface area contributed by atoms with Crippen molar-refractivity contribution in [1.29, 1.82) is 0 Å². The summed E-state index contributed by atoms with van der Waals surface area (Å²) in [6.45, 7) is 8.48. The molecule has 1 aromatic rings. The highest BCUT2D eigenvalue weighted by molar-refractivity contribution is 5.27. The number of ether oxygens (including phenoxy) is 1. The molecule has 1 fully saturated rings. The van der Waals surface area contributed by atoms with Gasteiger partial charge >= 0.3 is 6.01 Å². The zero-order chi connectivity index (χ0) is 14.5. The fraction of sp³-hybridized carbons (Fsp3) is 0.857. The Morgan fingerprint density at radius 1 is 1.35 bits per heavy atom. The standard InChI is InChI=1S/C14H26N4O2/c1-10(2)15-9-13-16-17-14(20-13)18(7-8-19-4)11(3)12-5-6-12/h10-12,15H,5-9H2,1-4H3. The molecule has 1 atom stereocenters. The smallest absolute Gasteiger partial charge is 0.318 e. The van der Waals surface area contributed by atoms with Crippen molar-refractivity contribution in [2.45, 2.75) is 52.2 Å². The Morgan fingerprint density at radius 2 is 2.10 bits per heavy atom. The minimum atomic E-state index is 0.403. The molecule has 1 unspecified atom stereocenters. The molecule has 1 heterocycles. The van der Waals surface area contributed by atoms with Crippen molar-refractivity contribution < 1.29 is 9.15 Å². The Balaban J connectivity index is 1.99. The van der Waals surface area contributed by atoms with Gasteiger partial charge in [-0.15, -0.1) is 5.10 Å². The summed E-state index contributed by atoms with van der Waals surface area (Å²) in [6, 6.07) is 1.44. The van der Waals surface area contributed by atoms with Crippen LogP contribution in [0.4, 0.5) is 6.01 Å². The predicted octanol–water partition coefficient (Wildman–Crippen LogP) is 1.82. The van der Waals surface area contributed by atoms with Crippen LogP contribution in [0.5, 0.6) is 0 Å². The van der Waals surface area contributed by atoms with Gasteiger partial charge in [-0.3, -0.25) is 0 Å². The second-order valence-electron chi connectivity index (χ2n) is 5.78. The van der Waals surface area contributed by atoms with Gasteiger partial charge in [0.1, 0.15) is 0 Å². The fourth-order valence-electron chi connectivity index (χ4n) is 2.22. The third-order valence-electron chi connectivity index (χ3n) is 3.70. The molecule has 0 bridgehead atoms. The van der Waals surface area contributed by atoms with Crippen LogP contribution in [0.25, 0.3) is 0 Å². The van der Waals surface area contributed by atoms with Crippen LogP contribution in [-0.4, -0.2) is 42.5 Å². The van der Waals surface area contributed by atoms with E-state index in [9.17, 15) is 0 Å². The average molecular weight is 282 g/mol. The predicted molar refractivity (Wildman–Crippen MR) is 77.7 cm³/mol. The monoisotopic (exact) mass is 282 g/mol. The van der Waals surface area contributed by atoms with Gasteiger partial charge in [-0.1, -0.05) is 18.9 Å².